The summed E-state index contributed by atoms with van der Waals surface area (Å²) in [4.78, 5) is 25.6. The predicted molar refractivity (Wildman–Crippen MR) is 119 cm³/mol. The third kappa shape index (κ3) is 4.09. The molecule has 166 valence electrons. The molecule has 0 bridgehead atoms. The van der Waals surface area contributed by atoms with Crippen LogP contribution in [0.3, 0.4) is 0 Å². The molecule has 3 aromatic rings. The molecule has 1 saturated heterocycles. The second-order valence-electron chi connectivity index (χ2n) is 8.74. The average molecular weight is 436 g/mol. The monoisotopic (exact) mass is 436 g/mol. The zero-order chi connectivity index (χ0) is 23.1. The normalized spacial score (nSPS) is 17.3. The largest absolute Gasteiger partial charge is 0.339 e. The number of nitrogens with one attached hydrogen (secondary N) is 1. The first kappa shape index (κ1) is 21.9. The minimum Gasteiger partial charge on any atom is -0.339 e. The Bertz CT molecular complexity index is 1180. The second-order valence-corrected chi connectivity index (χ2v) is 8.74. The van der Waals surface area contributed by atoms with Gasteiger partial charge < -0.3 is 14.8 Å². The third-order valence-electron chi connectivity index (χ3n) is 5.99. The Morgan fingerprint density at radius 2 is 1.53 bits per heavy atom. The minimum absolute atomic E-state index is 0.0214. The first-order chi connectivity index (χ1) is 15.1. The Morgan fingerprint density at radius 3 is 2.12 bits per heavy atom. The van der Waals surface area contributed by atoms with Crippen molar-refractivity contribution in [1.29, 1.82) is 0 Å². The average Bonchev–Trinajstić information content (AvgIpc) is 2.96. The van der Waals surface area contributed by atoms with E-state index >= 15 is 0 Å². The molecule has 1 aromatic heterocycles. The van der Waals surface area contributed by atoms with Gasteiger partial charge in [-0.3, -0.25) is 14.2 Å². The summed E-state index contributed by atoms with van der Waals surface area (Å²) in [5.74, 6) is -0.936. The Hall–Kier alpha value is -3.29. The van der Waals surface area contributed by atoms with E-state index in [4.69, 9.17) is 9.47 Å². The summed E-state index contributed by atoms with van der Waals surface area (Å²) < 4.78 is 26.6. The number of anilines is 1. The number of hydrogen-bond donors (Lipinski definition) is 1. The number of ether oxygens (including phenoxy) is 2. The van der Waals surface area contributed by atoms with Crippen LogP contribution in [0.4, 0.5) is 10.1 Å². The Kier molecular flexibility index (Phi) is 5.48. The van der Waals surface area contributed by atoms with Crippen LogP contribution >= 0.6 is 0 Å². The standard InChI is InChI=1S/C25H25FN2O4/c1-24(2)25(3,4)32-23(31-24)16-7-11-18(12-8-16)27-21(29)20-6-5-15-28(22(20)30)19-13-9-17(26)10-14-19/h5-15,23H,1-4H3,(H,27,29). The van der Waals surface area contributed by atoms with Gasteiger partial charge in [-0.2, -0.15) is 0 Å². The Labute approximate surface area is 185 Å². The molecule has 1 aliphatic rings. The smallest absolute Gasteiger partial charge is 0.267 e. The SMILES string of the molecule is CC1(C)OC(c2ccc(NC(=O)c3cccn(-c4ccc(F)cc4)c3=O)cc2)OC1(C)C. The van der Waals surface area contributed by atoms with Crippen molar-refractivity contribution in [1.82, 2.24) is 4.57 Å². The Morgan fingerprint density at radius 1 is 0.938 bits per heavy atom. The summed E-state index contributed by atoms with van der Waals surface area (Å²) in [5, 5.41) is 2.74. The highest BCUT2D eigenvalue weighted by molar-refractivity contribution is 6.04. The van der Waals surface area contributed by atoms with Crippen LogP contribution < -0.4 is 10.9 Å². The molecule has 1 N–H and O–H groups in total. The van der Waals surface area contributed by atoms with Gasteiger partial charge in [0.05, 0.1) is 11.2 Å². The first-order valence-electron chi connectivity index (χ1n) is 10.3. The molecule has 1 aliphatic heterocycles. The van der Waals surface area contributed by atoms with Crippen molar-refractivity contribution < 1.29 is 18.7 Å². The lowest BCUT2D eigenvalue weighted by molar-refractivity contribution is -0.0895. The molecule has 2 heterocycles. The molecular formula is C25H25FN2O4. The minimum atomic E-state index is -0.533. The van der Waals surface area contributed by atoms with Crippen molar-refractivity contribution in [3.05, 3.63) is 94.2 Å². The first-order valence-corrected chi connectivity index (χ1v) is 10.3. The maximum absolute atomic E-state index is 13.2. The number of halogens is 1. The zero-order valence-electron chi connectivity index (χ0n) is 18.4. The van der Waals surface area contributed by atoms with Crippen molar-refractivity contribution in [2.24, 2.45) is 0 Å². The number of nitrogens with zero attached hydrogens (tertiary/aromatic N) is 1. The fourth-order valence-electron chi connectivity index (χ4n) is 3.37. The van der Waals surface area contributed by atoms with Crippen LogP contribution in [0.15, 0.2) is 71.7 Å². The Balaban J connectivity index is 1.51. The highest BCUT2D eigenvalue weighted by Crippen LogP contribution is 2.44. The molecule has 0 spiro atoms. The van der Waals surface area contributed by atoms with E-state index in [1.165, 1.54) is 41.1 Å². The van der Waals surface area contributed by atoms with Crippen LogP contribution in [0, 0.1) is 5.82 Å². The number of aromatic nitrogens is 1. The number of amides is 1. The zero-order valence-corrected chi connectivity index (χ0v) is 18.4. The summed E-state index contributed by atoms with van der Waals surface area (Å²) in [6.07, 6.45) is 1.04. The molecule has 2 aromatic carbocycles. The summed E-state index contributed by atoms with van der Waals surface area (Å²) in [7, 11) is 0. The number of benzene rings is 2. The molecule has 0 unspecified atom stereocenters. The maximum atomic E-state index is 13.2. The van der Waals surface area contributed by atoms with Crippen LogP contribution in [-0.4, -0.2) is 21.7 Å². The fourth-order valence-corrected chi connectivity index (χ4v) is 3.37. The van der Waals surface area contributed by atoms with Crippen molar-refractivity contribution in [2.45, 2.75) is 45.2 Å². The maximum Gasteiger partial charge on any atom is 0.267 e. The van der Waals surface area contributed by atoms with Crippen molar-refractivity contribution in [3.8, 4) is 5.69 Å². The van der Waals surface area contributed by atoms with Crippen LogP contribution in [0.2, 0.25) is 0 Å². The van der Waals surface area contributed by atoms with E-state index in [0.717, 1.165) is 5.56 Å². The molecule has 7 heteroatoms. The molecule has 1 amide bonds. The molecule has 0 aliphatic carbocycles. The molecule has 0 atom stereocenters. The van der Waals surface area contributed by atoms with E-state index in [1.807, 2.05) is 39.8 Å². The van der Waals surface area contributed by atoms with Gasteiger partial charge in [0.2, 0.25) is 0 Å². The molecular weight excluding hydrogens is 411 g/mol. The van der Waals surface area contributed by atoms with Gasteiger partial charge in [0.15, 0.2) is 6.29 Å². The lowest BCUT2D eigenvalue weighted by Gasteiger charge is -2.30. The summed E-state index contributed by atoms with van der Waals surface area (Å²) >= 11 is 0. The quantitative estimate of drug-likeness (QED) is 0.636. The van der Waals surface area contributed by atoms with Gasteiger partial charge in [-0.1, -0.05) is 12.1 Å². The molecule has 0 saturated carbocycles. The lowest BCUT2D eigenvalue weighted by atomic mass is 9.90. The highest BCUT2D eigenvalue weighted by Gasteiger charge is 2.49. The predicted octanol–water partition coefficient (Wildman–Crippen LogP) is 4.83. The topological polar surface area (TPSA) is 69.6 Å². The number of pyridine rings is 1. The van der Waals surface area contributed by atoms with Crippen LogP contribution in [0.5, 0.6) is 0 Å². The molecule has 32 heavy (non-hydrogen) atoms. The summed E-state index contributed by atoms with van der Waals surface area (Å²) in [6, 6.07) is 15.6. The third-order valence-corrected chi connectivity index (χ3v) is 5.99. The van der Waals surface area contributed by atoms with Gasteiger partial charge in [-0.15, -0.1) is 0 Å². The fraction of sp³-hybridized carbons (Fsp3) is 0.280. The van der Waals surface area contributed by atoms with E-state index in [1.54, 1.807) is 18.2 Å². The van der Waals surface area contributed by atoms with Gasteiger partial charge in [0, 0.05) is 23.1 Å². The van der Waals surface area contributed by atoms with Gasteiger partial charge in [0.25, 0.3) is 11.5 Å². The number of rotatable bonds is 4. The van der Waals surface area contributed by atoms with E-state index in [0.29, 0.717) is 11.4 Å². The van der Waals surface area contributed by atoms with Crippen LogP contribution in [0.25, 0.3) is 5.69 Å². The van der Waals surface area contributed by atoms with E-state index < -0.39 is 34.8 Å². The molecule has 6 nitrogen and oxygen atoms in total. The van der Waals surface area contributed by atoms with E-state index in [9.17, 15) is 14.0 Å². The van der Waals surface area contributed by atoms with E-state index in [-0.39, 0.29) is 5.56 Å². The number of carbonyl (C=O) groups excluding carboxylic acids is 1. The van der Waals surface area contributed by atoms with Gasteiger partial charge in [-0.25, -0.2) is 4.39 Å². The summed E-state index contributed by atoms with van der Waals surface area (Å²) in [5.41, 5.74) is 0.437. The van der Waals surface area contributed by atoms with Crippen molar-refractivity contribution >= 4 is 11.6 Å². The van der Waals surface area contributed by atoms with Gasteiger partial charge >= 0.3 is 0 Å². The number of hydrogen-bond acceptors (Lipinski definition) is 4. The molecule has 4 rings (SSSR count). The second kappa shape index (κ2) is 8.00. The molecule has 0 radical (unpaired) electrons. The van der Waals surface area contributed by atoms with Crippen LogP contribution in [-0.2, 0) is 9.47 Å². The van der Waals surface area contributed by atoms with Crippen molar-refractivity contribution in [2.75, 3.05) is 5.32 Å². The van der Waals surface area contributed by atoms with Gasteiger partial charge in [0.1, 0.15) is 11.4 Å². The number of carbonyl (C=O) groups is 1. The summed E-state index contributed by atoms with van der Waals surface area (Å²) in [6.45, 7) is 7.95. The van der Waals surface area contributed by atoms with Crippen molar-refractivity contribution in [3.63, 3.8) is 0 Å². The van der Waals surface area contributed by atoms with Gasteiger partial charge in [-0.05, 0) is 76.2 Å². The lowest BCUT2D eigenvalue weighted by Crippen LogP contribution is -2.41. The van der Waals surface area contributed by atoms with E-state index in [2.05, 4.69) is 5.32 Å². The molecule has 1 fully saturated rings. The van der Waals surface area contributed by atoms with Crippen LogP contribution in [0.1, 0.15) is 49.9 Å². The highest BCUT2D eigenvalue weighted by atomic mass is 19.1.